The first-order chi connectivity index (χ1) is 12.1. The molecule has 0 bridgehead atoms. The van der Waals surface area contributed by atoms with Gasteiger partial charge in [-0.1, -0.05) is 28.1 Å². The first-order valence-electron chi connectivity index (χ1n) is 9.16. The third-order valence-corrected chi connectivity index (χ3v) is 5.05. The van der Waals surface area contributed by atoms with Crippen LogP contribution in [-0.4, -0.2) is 41.6 Å². The first kappa shape index (κ1) is 20.7. The van der Waals surface area contributed by atoms with E-state index in [9.17, 15) is 9.59 Å². The van der Waals surface area contributed by atoms with Gasteiger partial charge in [-0.2, -0.15) is 0 Å². The number of likely N-dealkylation sites (tertiary alicyclic amines) is 1. The van der Waals surface area contributed by atoms with E-state index < -0.39 is 11.7 Å². The number of halogens is 1. The van der Waals surface area contributed by atoms with Gasteiger partial charge >= 0.3 is 6.09 Å². The molecular weight excluding hydrogens is 396 g/mol. The maximum absolute atomic E-state index is 12.6. The fourth-order valence-electron chi connectivity index (χ4n) is 3.05. The fourth-order valence-corrected chi connectivity index (χ4v) is 3.74. The van der Waals surface area contributed by atoms with Crippen LogP contribution in [0.1, 0.15) is 51.2 Å². The van der Waals surface area contributed by atoms with Gasteiger partial charge in [-0.3, -0.25) is 4.79 Å². The summed E-state index contributed by atoms with van der Waals surface area (Å²) in [5.74, 6) is 0.133. The van der Waals surface area contributed by atoms with Gasteiger partial charge in [0.15, 0.2) is 0 Å². The number of rotatable bonds is 4. The molecule has 1 fully saturated rings. The molecule has 0 radical (unpaired) electrons. The predicted octanol–water partition coefficient (Wildman–Crippen LogP) is 4.21. The average molecular weight is 425 g/mol. The second kappa shape index (κ2) is 8.89. The minimum Gasteiger partial charge on any atom is -0.444 e. The van der Waals surface area contributed by atoms with Gasteiger partial charge in [-0.25, -0.2) is 4.79 Å². The Bertz CT molecular complexity index is 655. The summed E-state index contributed by atoms with van der Waals surface area (Å²) >= 11 is 3.57. The highest BCUT2D eigenvalue weighted by Crippen LogP contribution is 2.21. The number of carbonyl (C=O) groups excluding carboxylic acids is 2. The second-order valence-corrected chi connectivity index (χ2v) is 8.77. The molecule has 2 rings (SSSR count). The van der Waals surface area contributed by atoms with Crippen LogP contribution in [0, 0.1) is 6.92 Å². The van der Waals surface area contributed by atoms with Crippen LogP contribution >= 0.6 is 15.9 Å². The van der Waals surface area contributed by atoms with Crippen LogP contribution in [0.25, 0.3) is 0 Å². The van der Waals surface area contributed by atoms with E-state index in [4.69, 9.17) is 4.74 Å². The van der Waals surface area contributed by atoms with Crippen LogP contribution in [0.4, 0.5) is 4.79 Å². The molecule has 5 nitrogen and oxygen atoms in total. The summed E-state index contributed by atoms with van der Waals surface area (Å²) < 4.78 is 6.36. The number of alkyl carbamates (subject to hydrolysis) is 1. The molecule has 1 unspecified atom stereocenters. The molecule has 1 saturated heterocycles. The van der Waals surface area contributed by atoms with E-state index in [1.165, 1.54) is 5.56 Å². The van der Waals surface area contributed by atoms with Crippen molar-refractivity contribution < 1.29 is 14.3 Å². The summed E-state index contributed by atoms with van der Waals surface area (Å²) in [7, 11) is 0. The number of hydrogen-bond acceptors (Lipinski definition) is 3. The van der Waals surface area contributed by atoms with Crippen molar-refractivity contribution >= 4 is 27.9 Å². The number of hydrogen-bond donors (Lipinski definition) is 1. The highest BCUT2D eigenvalue weighted by atomic mass is 79.9. The zero-order chi connectivity index (χ0) is 19.3. The number of aryl methyl sites for hydroxylation is 2. The van der Waals surface area contributed by atoms with Crippen molar-refractivity contribution in [1.82, 2.24) is 10.2 Å². The number of ether oxygens (including phenoxy) is 1. The Morgan fingerprint density at radius 1 is 1.35 bits per heavy atom. The van der Waals surface area contributed by atoms with Crippen molar-refractivity contribution in [2.75, 3.05) is 13.1 Å². The standard InChI is InChI=1S/C20H29BrN2O3/c1-14-7-8-15(17(21)12-14)9-10-18(24)23-11-5-6-16(13-23)22-19(25)26-20(2,3)4/h7-8,12,16H,5-6,9-11,13H2,1-4H3,(H,22,25). The quantitative estimate of drug-likeness (QED) is 0.787. The van der Waals surface area contributed by atoms with Crippen molar-refractivity contribution in [1.29, 1.82) is 0 Å². The molecule has 1 aromatic rings. The topological polar surface area (TPSA) is 58.6 Å². The molecule has 1 atom stereocenters. The Morgan fingerprint density at radius 3 is 2.73 bits per heavy atom. The maximum Gasteiger partial charge on any atom is 0.407 e. The molecular formula is C20H29BrN2O3. The van der Waals surface area contributed by atoms with E-state index in [1.807, 2.05) is 32.6 Å². The van der Waals surface area contributed by atoms with Gasteiger partial charge in [0.2, 0.25) is 5.91 Å². The molecule has 2 amide bonds. The monoisotopic (exact) mass is 424 g/mol. The molecule has 6 heteroatoms. The van der Waals surface area contributed by atoms with Crippen molar-refractivity contribution in [3.8, 4) is 0 Å². The fraction of sp³-hybridized carbons (Fsp3) is 0.600. The van der Waals surface area contributed by atoms with Crippen LogP contribution in [0.3, 0.4) is 0 Å². The van der Waals surface area contributed by atoms with Crippen LogP contribution in [0.5, 0.6) is 0 Å². The number of nitrogens with zero attached hydrogens (tertiary/aromatic N) is 1. The molecule has 26 heavy (non-hydrogen) atoms. The van der Waals surface area contributed by atoms with E-state index in [2.05, 4.69) is 39.4 Å². The molecule has 1 aliphatic rings. The SMILES string of the molecule is Cc1ccc(CCC(=O)N2CCCC(NC(=O)OC(C)(C)C)C2)c(Br)c1. The van der Waals surface area contributed by atoms with E-state index in [0.29, 0.717) is 19.4 Å². The summed E-state index contributed by atoms with van der Waals surface area (Å²) in [4.78, 5) is 26.4. The molecule has 1 N–H and O–H groups in total. The van der Waals surface area contributed by atoms with E-state index >= 15 is 0 Å². The lowest BCUT2D eigenvalue weighted by Crippen LogP contribution is -2.50. The molecule has 0 aliphatic carbocycles. The van der Waals surface area contributed by atoms with Crippen molar-refractivity contribution in [3.63, 3.8) is 0 Å². The molecule has 0 spiro atoms. The Labute approximate surface area is 164 Å². The van der Waals surface area contributed by atoms with Crippen molar-refractivity contribution in [2.24, 2.45) is 0 Å². The van der Waals surface area contributed by atoms with E-state index in [-0.39, 0.29) is 11.9 Å². The number of piperidine rings is 1. The van der Waals surface area contributed by atoms with Gasteiger partial charge < -0.3 is 15.0 Å². The Morgan fingerprint density at radius 2 is 2.08 bits per heavy atom. The molecule has 0 aromatic heterocycles. The summed E-state index contributed by atoms with van der Waals surface area (Å²) in [6, 6.07) is 6.15. The first-order valence-corrected chi connectivity index (χ1v) is 9.95. The smallest absolute Gasteiger partial charge is 0.407 e. The number of carbonyl (C=O) groups is 2. The normalized spacial score (nSPS) is 17.7. The summed E-state index contributed by atoms with van der Waals surface area (Å²) in [5.41, 5.74) is 1.82. The Balaban J connectivity index is 1.84. The largest absolute Gasteiger partial charge is 0.444 e. The average Bonchev–Trinajstić information content (AvgIpc) is 2.52. The number of amides is 2. The van der Waals surface area contributed by atoms with Crippen molar-refractivity contribution in [3.05, 3.63) is 33.8 Å². The molecule has 144 valence electrons. The third-order valence-electron chi connectivity index (χ3n) is 4.31. The van der Waals surface area contributed by atoms with Gasteiger partial charge in [0.05, 0.1) is 0 Å². The van der Waals surface area contributed by atoms with Gasteiger partial charge in [0.1, 0.15) is 5.60 Å². The van der Waals surface area contributed by atoms with Crippen LogP contribution in [-0.2, 0) is 16.0 Å². The second-order valence-electron chi connectivity index (χ2n) is 7.92. The minimum atomic E-state index is -0.518. The Hall–Kier alpha value is -1.56. The van der Waals surface area contributed by atoms with Gasteiger partial charge in [-0.15, -0.1) is 0 Å². The molecule has 1 heterocycles. The number of benzene rings is 1. The molecule has 1 aromatic carbocycles. The maximum atomic E-state index is 12.6. The number of nitrogens with one attached hydrogen (secondary N) is 1. The third kappa shape index (κ3) is 6.63. The van der Waals surface area contributed by atoms with Crippen LogP contribution < -0.4 is 5.32 Å². The van der Waals surface area contributed by atoms with E-state index in [1.54, 1.807) is 0 Å². The van der Waals surface area contributed by atoms with E-state index in [0.717, 1.165) is 29.4 Å². The summed E-state index contributed by atoms with van der Waals surface area (Å²) in [6.45, 7) is 8.87. The lowest BCUT2D eigenvalue weighted by molar-refractivity contribution is -0.132. The Kier molecular flexibility index (Phi) is 7.09. The summed E-state index contributed by atoms with van der Waals surface area (Å²) in [5, 5.41) is 2.89. The highest BCUT2D eigenvalue weighted by Gasteiger charge is 2.26. The predicted molar refractivity (Wildman–Crippen MR) is 106 cm³/mol. The lowest BCUT2D eigenvalue weighted by atomic mass is 10.0. The lowest BCUT2D eigenvalue weighted by Gasteiger charge is -2.33. The van der Waals surface area contributed by atoms with Gasteiger partial charge in [0.25, 0.3) is 0 Å². The van der Waals surface area contributed by atoms with Gasteiger partial charge in [0, 0.05) is 30.0 Å². The zero-order valence-corrected chi connectivity index (χ0v) is 17.7. The van der Waals surface area contributed by atoms with Crippen LogP contribution in [0.2, 0.25) is 0 Å². The zero-order valence-electron chi connectivity index (χ0n) is 16.1. The molecule has 1 aliphatic heterocycles. The minimum absolute atomic E-state index is 0.0475. The highest BCUT2D eigenvalue weighted by molar-refractivity contribution is 9.10. The van der Waals surface area contributed by atoms with Gasteiger partial charge in [-0.05, 0) is 64.2 Å². The van der Waals surface area contributed by atoms with Crippen molar-refractivity contribution in [2.45, 2.75) is 65.0 Å². The van der Waals surface area contributed by atoms with Crippen LogP contribution in [0.15, 0.2) is 22.7 Å². The molecule has 0 saturated carbocycles. The summed E-state index contributed by atoms with van der Waals surface area (Å²) in [6.07, 6.45) is 2.52.